The van der Waals surface area contributed by atoms with Gasteiger partial charge in [-0.05, 0) is 12.1 Å². The number of hydrogen-bond donors (Lipinski definition) is 1. The van der Waals surface area contributed by atoms with Gasteiger partial charge in [-0.1, -0.05) is 0 Å². The summed E-state index contributed by atoms with van der Waals surface area (Å²) in [5.41, 5.74) is 1.51. The fourth-order valence-electron chi connectivity index (χ4n) is 1.86. The summed E-state index contributed by atoms with van der Waals surface area (Å²) in [5.74, 6) is 0.364. The molecular weight excluding hydrogens is 236 g/mol. The summed E-state index contributed by atoms with van der Waals surface area (Å²) >= 11 is 0. The van der Waals surface area contributed by atoms with Gasteiger partial charge in [0.05, 0.1) is 17.0 Å². The van der Waals surface area contributed by atoms with E-state index in [0.717, 1.165) is 10.3 Å². The van der Waals surface area contributed by atoms with E-state index in [1.165, 1.54) is 18.2 Å². The summed E-state index contributed by atoms with van der Waals surface area (Å²) in [6.07, 6.45) is 3.39. The van der Waals surface area contributed by atoms with Crippen LogP contribution in [0.2, 0.25) is 0 Å². The maximum atomic E-state index is 10.7. The maximum absolute atomic E-state index is 10.7. The van der Waals surface area contributed by atoms with Gasteiger partial charge in [-0.15, -0.1) is 0 Å². The lowest BCUT2D eigenvalue weighted by Gasteiger charge is -1.99. The monoisotopic (exact) mass is 244 g/mol. The van der Waals surface area contributed by atoms with Crippen molar-refractivity contribution in [2.45, 2.75) is 0 Å². The lowest BCUT2D eigenvalue weighted by Crippen LogP contribution is -1.99. The zero-order valence-electron chi connectivity index (χ0n) is 9.15. The molecule has 2 aromatic rings. The Morgan fingerprint density at radius 2 is 2.28 bits per heavy atom. The molecule has 0 unspecified atom stereocenters. The predicted molar refractivity (Wildman–Crippen MR) is 64.9 cm³/mol. The minimum atomic E-state index is -0.510. The van der Waals surface area contributed by atoms with Gasteiger partial charge in [0.1, 0.15) is 5.52 Å². The second kappa shape index (κ2) is 3.66. The molecule has 0 aliphatic carbocycles. The van der Waals surface area contributed by atoms with Crippen LogP contribution in [0, 0.1) is 10.1 Å². The number of imidazole rings is 1. The van der Waals surface area contributed by atoms with E-state index in [9.17, 15) is 15.3 Å². The molecule has 0 saturated carbocycles. The summed E-state index contributed by atoms with van der Waals surface area (Å²) in [5, 5.41) is 20.7. The van der Waals surface area contributed by atoms with Crippen LogP contribution in [0.5, 0.6) is 0 Å². The number of nitro groups is 1. The molecular formula is C11H8N4O3. The summed E-state index contributed by atoms with van der Waals surface area (Å²) in [7, 11) is 0. The molecule has 3 rings (SSSR count). The third-order valence-corrected chi connectivity index (χ3v) is 2.75. The Bertz CT molecular complexity index is 714. The highest BCUT2D eigenvalue weighted by molar-refractivity contribution is 5.90. The van der Waals surface area contributed by atoms with Crippen molar-refractivity contribution in [2.24, 2.45) is 4.99 Å². The summed E-state index contributed by atoms with van der Waals surface area (Å²) < 4.78 is 0.864. The van der Waals surface area contributed by atoms with Gasteiger partial charge in [0, 0.05) is 23.9 Å². The molecule has 90 valence electrons. The van der Waals surface area contributed by atoms with Crippen LogP contribution in [0.1, 0.15) is 5.82 Å². The molecule has 0 saturated heterocycles. The highest BCUT2D eigenvalue weighted by atomic mass is 16.6. The SMILES string of the molecule is O=[N+]([O-])c1ccc2nc(C3=CC=NC3)n(O)c2c1. The van der Waals surface area contributed by atoms with E-state index in [4.69, 9.17) is 0 Å². The van der Waals surface area contributed by atoms with Crippen LogP contribution in [-0.2, 0) is 0 Å². The van der Waals surface area contributed by atoms with Crippen LogP contribution in [0.3, 0.4) is 0 Å². The normalized spacial score (nSPS) is 14.1. The molecule has 0 fully saturated rings. The molecule has 1 aliphatic heterocycles. The molecule has 1 aliphatic rings. The molecule has 0 radical (unpaired) electrons. The van der Waals surface area contributed by atoms with Crippen LogP contribution < -0.4 is 0 Å². The van der Waals surface area contributed by atoms with Crippen LogP contribution in [-0.4, -0.2) is 32.6 Å². The van der Waals surface area contributed by atoms with Gasteiger partial charge in [-0.3, -0.25) is 15.1 Å². The van der Waals surface area contributed by atoms with Gasteiger partial charge in [-0.2, -0.15) is 4.73 Å². The lowest BCUT2D eigenvalue weighted by molar-refractivity contribution is -0.384. The van der Waals surface area contributed by atoms with Crippen molar-refractivity contribution in [3.05, 3.63) is 40.2 Å². The number of nitro benzene ring substituents is 1. The standard InChI is InChI=1S/C11H8N4O3/c16-14-10-5-8(15(17)18)1-2-9(10)13-11(14)7-3-4-12-6-7/h1-5,16H,6H2. The van der Waals surface area contributed by atoms with Crippen molar-refractivity contribution in [2.75, 3.05) is 6.54 Å². The van der Waals surface area contributed by atoms with E-state index in [1.54, 1.807) is 12.3 Å². The first-order valence-corrected chi connectivity index (χ1v) is 5.22. The van der Waals surface area contributed by atoms with E-state index in [1.807, 2.05) is 0 Å². The van der Waals surface area contributed by atoms with Crippen molar-refractivity contribution in [3.63, 3.8) is 0 Å². The summed E-state index contributed by atoms with van der Waals surface area (Å²) in [6.45, 7) is 0.450. The first-order chi connectivity index (χ1) is 8.66. The van der Waals surface area contributed by atoms with E-state index < -0.39 is 4.92 Å². The Hall–Kier alpha value is -2.70. The third-order valence-electron chi connectivity index (χ3n) is 2.75. The molecule has 0 atom stereocenters. The average Bonchev–Trinajstić information content (AvgIpc) is 2.97. The minimum absolute atomic E-state index is 0.0825. The van der Waals surface area contributed by atoms with Crippen LogP contribution in [0.4, 0.5) is 5.69 Å². The maximum Gasteiger partial charge on any atom is 0.271 e. The number of non-ortho nitro benzene ring substituents is 1. The van der Waals surface area contributed by atoms with Gasteiger partial charge in [0.15, 0.2) is 5.82 Å². The number of aromatic nitrogens is 2. The smallest absolute Gasteiger partial charge is 0.271 e. The lowest BCUT2D eigenvalue weighted by atomic mass is 10.3. The largest absolute Gasteiger partial charge is 0.426 e. The molecule has 2 heterocycles. The van der Waals surface area contributed by atoms with Gasteiger partial charge < -0.3 is 5.21 Å². The Morgan fingerprint density at radius 3 is 2.94 bits per heavy atom. The Labute approximate surface area is 101 Å². The Kier molecular flexibility index (Phi) is 2.12. The Balaban J connectivity index is 2.19. The average molecular weight is 244 g/mol. The fraction of sp³-hybridized carbons (Fsp3) is 0.0909. The first kappa shape index (κ1) is 10.5. The summed E-state index contributed by atoms with van der Waals surface area (Å²) in [6, 6.07) is 4.17. The fourth-order valence-corrected chi connectivity index (χ4v) is 1.86. The topological polar surface area (TPSA) is 93.5 Å². The van der Waals surface area contributed by atoms with Gasteiger partial charge in [-0.25, -0.2) is 4.98 Å². The van der Waals surface area contributed by atoms with Crippen molar-refractivity contribution in [1.29, 1.82) is 0 Å². The van der Waals surface area contributed by atoms with Gasteiger partial charge >= 0.3 is 0 Å². The molecule has 0 spiro atoms. The second-order valence-electron chi connectivity index (χ2n) is 3.86. The van der Waals surface area contributed by atoms with Gasteiger partial charge in [0.2, 0.25) is 0 Å². The van der Waals surface area contributed by atoms with Crippen LogP contribution in [0.25, 0.3) is 16.6 Å². The number of fused-ring (bicyclic) bond motifs is 1. The van der Waals surface area contributed by atoms with Crippen LogP contribution >= 0.6 is 0 Å². The zero-order chi connectivity index (χ0) is 12.7. The Morgan fingerprint density at radius 1 is 1.44 bits per heavy atom. The minimum Gasteiger partial charge on any atom is -0.426 e. The van der Waals surface area contributed by atoms with E-state index in [2.05, 4.69) is 9.98 Å². The molecule has 1 aromatic heterocycles. The van der Waals surface area contributed by atoms with Crippen molar-refractivity contribution in [3.8, 4) is 0 Å². The van der Waals surface area contributed by atoms with Crippen molar-refractivity contribution in [1.82, 2.24) is 9.71 Å². The molecule has 18 heavy (non-hydrogen) atoms. The second-order valence-corrected chi connectivity index (χ2v) is 3.86. The number of nitrogens with zero attached hydrogens (tertiary/aromatic N) is 4. The van der Waals surface area contributed by atoms with Gasteiger partial charge in [0.25, 0.3) is 5.69 Å². The molecule has 1 aromatic carbocycles. The zero-order valence-corrected chi connectivity index (χ0v) is 9.15. The first-order valence-electron chi connectivity index (χ1n) is 5.22. The highest BCUT2D eigenvalue weighted by Crippen LogP contribution is 2.24. The molecule has 7 nitrogen and oxygen atoms in total. The van der Waals surface area contributed by atoms with E-state index in [0.29, 0.717) is 23.4 Å². The molecule has 7 heteroatoms. The molecule has 1 N–H and O–H groups in total. The number of rotatable bonds is 2. The quantitative estimate of drug-likeness (QED) is 0.493. The van der Waals surface area contributed by atoms with Crippen LogP contribution in [0.15, 0.2) is 29.3 Å². The third kappa shape index (κ3) is 1.45. The predicted octanol–water partition coefficient (Wildman–Crippen LogP) is 1.65. The van der Waals surface area contributed by atoms with Crippen molar-refractivity contribution >= 4 is 28.5 Å². The van der Waals surface area contributed by atoms with E-state index in [-0.39, 0.29) is 5.69 Å². The summed E-state index contributed by atoms with van der Waals surface area (Å²) in [4.78, 5) is 18.4. The number of allylic oxidation sites excluding steroid dienone is 1. The number of hydrogen-bond acceptors (Lipinski definition) is 5. The molecule has 0 amide bonds. The number of aliphatic imine (C=N–C) groups is 1. The molecule has 0 bridgehead atoms. The highest BCUT2D eigenvalue weighted by Gasteiger charge is 2.17. The van der Waals surface area contributed by atoms with Crippen molar-refractivity contribution < 1.29 is 10.1 Å². The number of benzene rings is 1. The van der Waals surface area contributed by atoms with E-state index >= 15 is 0 Å².